The number of aliphatic hydroxyl groups excluding tert-OH is 1. The van der Waals surface area contributed by atoms with Crippen LogP contribution in [0.2, 0.25) is 0 Å². The van der Waals surface area contributed by atoms with E-state index in [4.69, 9.17) is 9.47 Å². The van der Waals surface area contributed by atoms with E-state index in [1.165, 1.54) is 12.1 Å². The van der Waals surface area contributed by atoms with Gasteiger partial charge in [0.1, 0.15) is 23.1 Å². The summed E-state index contributed by atoms with van der Waals surface area (Å²) in [6, 6.07) is 9.77. The number of carbonyl (C=O) groups excluding carboxylic acids is 2. The van der Waals surface area contributed by atoms with Gasteiger partial charge in [0.15, 0.2) is 0 Å². The van der Waals surface area contributed by atoms with Crippen molar-refractivity contribution in [2.24, 2.45) is 0 Å². The highest BCUT2D eigenvalue weighted by Crippen LogP contribution is 2.44. The Morgan fingerprint density at radius 3 is 2.33 bits per heavy atom. The minimum atomic E-state index is -0.797. The average Bonchev–Trinajstić information content (AvgIpc) is 3.42. The summed E-state index contributed by atoms with van der Waals surface area (Å²) in [4.78, 5) is 27.9. The zero-order chi connectivity index (χ0) is 23.5. The van der Waals surface area contributed by atoms with Crippen LogP contribution in [-0.2, 0) is 9.59 Å². The fourth-order valence-electron chi connectivity index (χ4n) is 4.76. The molecule has 0 aromatic heterocycles. The fourth-order valence-corrected chi connectivity index (χ4v) is 4.76. The quantitative estimate of drug-likeness (QED) is 0.363. The topological polar surface area (TPSA) is 76.1 Å². The molecule has 0 radical (unpaired) electrons. The first-order chi connectivity index (χ1) is 16.0. The Morgan fingerprint density at radius 2 is 1.70 bits per heavy atom. The minimum Gasteiger partial charge on any atom is -0.507 e. The van der Waals surface area contributed by atoms with E-state index in [1.807, 2.05) is 13.8 Å². The van der Waals surface area contributed by atoms with E-state index >= 15 is 0 Å². The molecule has 1 saturated carbocycles. The number of Topliss-reactive ketones (excluding diaryl/α,β-unsaturated/α-hetero) is 1. The Kier molecular flexibility index (Phi) is 6.67. The predicted molar refractivity (Wildman–Crippen MR) is 122 cm³/mol. The summed E-state index contributed by atoms with van der Waals surface area (Å²) in [6.45, 7) is 4.48. The van der Waals surface area contributed by atoms with E-state index in [0.29, 0.717) is 35.8 Å². The van der Waals surface area contributed by atoms with Crippen LogP contribution in [0.15, 0.2) is 48.0 Å². The highest BCUT2D eigenvalue weighted by atomic mass is 19.1. The molecule has 6 nitrogen and oxygen atoms in total. The number of ether oxygens (including phenoxy) is 2. The van der Waals surface area contributed by atoms with Crippen molar-refractivity contribution in [1.29, 1.82) is 0 Å². The zero-order valence-electron chi connectivity index (χ0n) is 18.8. The third-order valence-corrected chi connectivity index (χ3v) is 6.20. The Hall–Kier alpha value is -3.35. The highest BCUT2D eigenvalue weighted by molar-refractivity contribution is 6.46. The van der Waals surface area contributed by atoms with Gasteiger partial charge in [0, 0.05) is 12.1 Å². The molecule has 2 fully saturated rings. The lowest BCUT2D eigenvalue weighted by atomic mass is 9.94. The monoisotopic (exact) mass is 453 g/mol. The highest BCUT2D eigenvalue weighted by Gasteiger charge is 2.49. The van der Waals surface area contributed by atoms with Gasteiger partial charge in [0.2, 0.25) is 0 Å². The van der Waals surface area contributed by atoms with Crippen molar-refractivity contribution in [2.75, 3.05) is 13.2 Å². The number of amides is 1. The van der Waals surface area contributed by atoms with Gasteiger partial charge >= 0.3 is 0 Å². The van der Waals surface area contributed by atoms with Gasteiger partial charge in [-0.2, -0.15) is 0 Å². The summed E-state index contributed by atoms with van der Waals surface area (Å²) < 4.78 is 24.9. The van der Waals surface area contributed by atoms with E-state index in [0.717, 1.165) is 25.7 Å². The minimum absolute atomic E-state index is 0.0105. The SMILES string of the molecule is CCOc1ccc(/C(O)=C2/C(=O)C(=O)N(C3CCCC3)C2c2ccc(F)cc2)c(OCC)c1. The lowest BCUT2D eigenvalue weighted by Crippen LogP contribution is -2.37. The Morgan fingerprint density at radius 1 is 1.03 bits per heavy atom. The van der Waals surface area contributed by atoms with Gasteiger partial charge in [-0.15, -0.1) is 0 Å². The third-order valence-electron chi connectivity index (χ3n) is 6.20. The number of likely N-dealkylation sites (tertiary alicyclic amines) is 1. The number of carbonyl (C=O) groups is 2. The molecule has 1 amide bonds. The summed E-state index contributed by atoms with van der Waals surface area (Å²) >= 11 is 0. The van der Waals surface area contributed by atoms with Crippen molar-refractivity contribution in [1.82, 2.24) is 4.90 Å². The molecule has 1 atom stereocenters. The average molecular weight is 454 g/mol. The Bertz CT molecular complexity index is 1070. The van der Waals surface area contributed by atoms with E-state index in [1.54, 1.807) is 35.2 Å². The van der Waals surface area contributed by atoms with Crippen molar-refractivity contribution in [3.63, 3.8) is 0 Å². The van der Waals surface area contributed by atoms with Gasteiger partial charge in [-0.25, -0.2) is 4.39 Å². The standard InChI is InChI=1S/C26H28FNO5/c1-3-32-19-13-14-20(21(15-19)33-4-2)24(29)22-23(16-9-11-17(27)12-10-16)28(26(31)25(22)30)18-7-5-6-8-18/h9-15,18,23,29H,3-8H2,1-2H3/b24-22-. The molecule has 33 heavy (non-hydrogen) atoms. The Labute approximate surface area is 192 Å². The van der Waals surface area contributed by atoms with Crippen LogP contribution in [0.25, 0.3) is 5.76 Å². The van der Waals surface area contributed by atoms with E-state index in [-0.39, 0.29) is 17.4 Å². The lowest BCUT2D eigenvalue weighted by molar-refractivity contribution is -0.141. The van der Waals surface area contributed by atoms with Gasteiger partial charge < -0.3 is 19.5 Å². The van der Waals surface area contributed by atoms with E-state index in [9.17, 15) is 19.1 Å². The maximum absolute atomic E-state index is 13.6. The van der Waals surface area contributed by atoms with Gasteiger partial charge in [0.05, 0.1) is 30.4 Å². The first kappa shape index (κ1) is 22.8. The molecule has 2 aromatic rings. The molecule has 7 heteroatoms. The van der Waals surface area contributed by atoms with Crippen molar-refractivity contribution in [3.8, 4) is 11.5 Å². The summed E-state index contributed by atoms with van der Waals surface area (Å²) in [6.07, 6.45) is 3.52. The number of halogens is 1. The number of nitrogens with zero attached hydrogens (tertiary/aromatic N) is 1. The van der Waals surface area contributed by atoms with E-state index < -0.39 is 23.5 Å². The van der Waals surface area contributed by atoms with Gasteiger partial charge in [-0.05, 0) is 56.5 Å². The van der Waals surface area contributed by atoms with E-state index in [2.05, 4.69) is 0 Å². The molecule has 2 aromatic carbocycles. The van der Waals surface area contributed by atoms with Crippen molar-refractivity contribution >= 4 is 17.4 Å². The Balaban J connectivity index is 1.88. The molecule has 0 bridgehead atoms. The van der Waals surface area contributed by atoms with Crippen LogP contribution in [-0.4, -0.2) is 41.0 Å². The van der Waals surface area contributed by atoms with Crippen LogP contribution in [0.4, 0.5) is 4.39 Å². The van der Waals surface area contributed by atoms with Crippen molar-refractivity contribution in [2.45, 2.75) is 51.6 Å². The number of benzene rings is 2. The van der Waals surface area contributed by atoms with Crippen LogP contribution < -0.4 is 9.47 Å². The molecule has 2 aliphatic rings. The number of ketones is 1. The van der Waals surface area contributed by atoms with Gasteiger partial charge in [0.25, 0.3) is 11.7 Å². The van der Waals surface area contributed by atoms with Gasteiger partial charge in [-0.1, -0.05) is 25.0 Å². The number of hydrogen-bond donors (Lipinski definition) is 1. The summed E-state index contributed by atoms with van der Waals surface area (Å²) in [5.74, 6) is -1.19. The zero-order valence-corrected chi connectivity index (χ0v) is 18.8. The largest absolute Gasteiger partial charge is 0.507 e. The molecule has 1 heterocycles. The first-order valence-corrected chi connectivity index (χ1v) is 11.4. The molecular weight excluding hydrogens is 425 g/mol. The second-order valence-corrected chi connectivity index (χ2v) is 8.22. The maximum atomic E-state index is 13.6. The third kappa shape index (κ3) is 4.32. The van der Waals surface area contributed by atoms with Crippen molar-refractivity contribution < 1.29 is 28.6 Å². The molecule has 174 valence electrons. The molecular formula is C26H28FNO5. The predicted octanol–water partition coefficient (Wildman–Crippen LogP) is 4.99. The van der Waals surface area contributed by atoms with Crippen LogP contribution in [0, 0.1) is 5.82 Å². The molecule has 1 unspecified atom stereocenters. The first-order valence-electron chi connectivity index (χ1n) is 11.4. The number of aliphatic hydroxyl groups is 1. The van der Waals surface area contributed by atoms with Gasteiger partial charge in [-0.3, -0.25) is 9.59 Å². The smallest absolute Gasteiger partial charge is 0.295 e. The summed E-state index contributed by atoms with van der Waals surface area (Å²) in [7, 11) is 0. The molecule has 4 rings (SSSR count). The lowest BCUT2D eigenvalue weighted by Gasteiger charge is -2.30. The maximum Gasteiger partial charge on any atom is 0.295 e. The number of hydrogen-bond acceptors (Lipinski definition) is 5. The molecule has 1 aliphatic heterocycles. The molecule has 1 aliphatic carbocycles. The number of rotatable bonds is 7. The molecule has 0 spiro atoms. The van der Waals surface area contributed by atoms with Crippen LogP contribution in [0.3, 0.4) is 0 Å². The molecule has 1 N–H and O–H groups in total. The normalized spacial score (nSPS) is 20.5. The van der Waals surface area contributed by atoms with Crippen molar-refractivity contribution in [3.05, 3.63) is 65.0 Å². The second kappa shape index (κ2) is 9.65. The molecule has 1 saturated heterocycles. The summed E-state index contributed by atoms with van der Waals surface area (Å²) in [5, 5.41) is 11.4. The van der Waals surface area contributed by atoms with Crippen LogP contribution in [0.5, 0.6) is 11.5 Å². The summed E-state index contributed by atoms with van der Waals surface area (Å²) in [5.41, 5.74) is 0.869. The van der Waals surface area contributed by atoms with Crippen LogP contribution in [0.1, 0.15) is 56.7 Å². The van der Waals surface area contributed by atoms with Crippen LogP contribution >= 0.6 is 0 Å². The second-order valence-electron chi connectivity index (χ2n) is 8.22. The fraction of sp³-hybridized carbons (Fsp3) is 0.385.